The Kier molecular flexibility index (Phi) is 7.97. The van der Waals surface area contributed by atoms with Gasteiger partial charge < -0.3 is 23.9 Å². The van der Waals surface area contributed by atoms with Gasteiger partial charge in [0.2, 0.25) is 5.91 Å². The molecule has 0 radical (unpaired) electrons. The first-order chi connectivity index (χ1) is 17.0. The molecule has 35 heavy (non-hydrogen) atoms. The van der Waals surface area contributed by atoms with Gasteiger partial charge in [0.15, 0.2) is 0 Å². The molecule has 1 fully saturated rings. The van der Waals surface area contributed by atoms with Gasteiger partial charge >= 0.3 is 0 Å². The maximum Gasteiger partial charge on any atom is 0.274 e. The van der Waals surface area contributed by atoms with E-state index in [1.54, 1.807) is 23.4 Å². The number of nitrogens with zero attached hydrogens (tertiary/aromatic N) is 5. The molecule has 0 spiro atoms. The molecule has 9 nitrogen and oxygen atoms in total. The molecule has 0 bridgehead atoms. The Hall–Kier alpha value is -3.88. The SMILES string of the molecule is CCOc1ccccc1N1CCN(C(=O)CCN(Cc2ccco2)C(=O)c2cnc(C)cn2)CC1. The molecule has 184 valence electrons. The smallest absolute Gasteiger partial charge is 0.274 e. The summed E-state index contributed by atoms with van der Waals surface area (Å²) in [6, 6.07) is 11.6. The van der Waals surface area contributed by atoms with Gasteiger partial charge in [0, 0.05) is 45.3 Å². The second kappa shape index (κ2) is 11.5. The van der Waals surface area contributed by atoms with Crippen LogP contribution >= 0.6 is 0 Å². The van der Waals surface area contributed by atoms with Crippen LogP contribution < -0.4 is 9.64 Å². The van der Waals surface area contributed by atoms with Gasteiger partial charge in [-0.1, -0.05) is 12.1 Å². The molecule has 0 aliphatic carbocycles. The van der Waals surface area contributed by atoms with E-state index in [0.29, 0.717) is 25.5 Å². The second-order valence-corrected chi connectivity index (χ2v) is 8.37. The van der Waals surface area contributed by atoms with Crippen molar-refractivity contribution in [3.63, 3.8) is 0 Å². The predicted molar refractivity (Wildman–Crippen MR) is 131 cm³/mol. The highest BCUT2D eigenvalue weighted by molar-refractivity contribution is 5.92. The lowest BCUT2D eigenvalue weighted by Crippen LogP contribution is -2.49. The number of benzene rings is 1. The van der Waals surface area contributed by atoms with Crippen molar-refractivity contribution in [1.82, 2.24) is 19.8 Å². The van der Waals surface area contributed by atoms with Crippen LogP contribution in [-0.2, 0) is 11.3 Å². The Morgan fingerprint density at radius 2 is 1.86 bits per heavy atom. The fourth-order valence-electron chi connectivity index (χ4n) is 4.09. The number of furan rings is 1. The highest BCUT2D eigenvalue weighted by Gasteiger charge is 2.25. The lowest BCUT2D eigenvalue weighted by Gasteiger charge is -2.37. The summed E-state index contributed by atoms with van der Waals surface area (Å²) in [6.45, 7) is 7.61. The summed E-state index contributed by atoms with van der Waals surface area (Å²) < 4.78 is 11.2. The third kappa shape index (κ3) is 6.17. The van der Waals surface area contributed by atoms with E-state index < -0.39 is 0 Å². The number of rotatable bonds is 9. The van der Waals surface area contributed by atoms with Gasteiger partial charge in [-0.3, -0.25) is 14.6 Å². The van der Waals surface area contributed by atoms with Gasteiger partial charge in [0.25, 0.3) is 5.91 Å². The van der Waals surface area contributed by atoms with Gasteiger partial charge in [0.05, 0.1) is 37.0 Å². The number of hydrogen-bond acceptors (Lipinski definition) is 7. The Bertz CT molecular complexity index is 1110. The molecule has 3 heterocycles. The quantitative estimate of drug-likeness (QED) is 0.467. The summed E-state index contributed by atoms with van der Waals surface area (Å²) in [4.78, 5) is 40.2. The number of amides is 2. The Balaban J connectivity index is 1.35. The van der Waals surface area contributed by atoms with E-state index in [-0.39, 0.29) is 37.0 Å². The molecule has 1 aliphatic rings. The fraction of sp³-hybridized carbons (Fsp3) is 0.385. The minimum atomic E-state index is -0.279. The van der Waals surface area contributed by atoms with E-state index in [9.17, 15) is 9.59 Å². The predicted octanol–water partition coefficient (Wildman–Crippen LogP) is 3.16. The molecule has 0 saturated carbocycles. The first-order valence-electron chi connectivity index (χ1n) is 11.9. The molecule has 2 aromatic heterocycles. The van der Waals surface area contributed by atoms with Crippen molar-refractivity contribution in [1.29, 1.82) is 0 Å². The molecule has 1 aliphatic heterocycles. The lowest BCUT2D eigenvalue weighted by molar-refractivity contribution is -0.131. The molecule has 3 aromatic rings. The normalized spacial score (nSPS) is 13.5. The van der Waals surface area contributed by atoms with Gasteiger partial charge in [-0.25, -0.2) is 4.98 Å². The second-order valence-electron chi connectivity index (χ2n) is 8.37. The summed E-state index contributed by atoms with van der Waals surface area (Å²) in [5, 5.41) is 0. The van der Waals surface area contributed by atoms with Crippen LogP contribution in [0.1, 0.15) is 35.3 Å². The van der Waals surface area contributed by atoms with Crippen molar-refractivity contribution in [3.05, 3.63) is 72.2 Å². The molecule has 9 heteroatoms. The topological polar surface area (TPSA) is 92.0 Å². The number of carbonyl (C=O) groups is 2. The third-order valence-corrected chi connectivity index (χ3v) is 5.95. The monoisotopic (exact) mass is 477 g/mol. The number of aryl methyl sites for hydroxylation is 1. The number of aromatic nitrogens is 2. The van der Waals surface area contributed by atoms with Gasteiger partial charge in [-0.15, -0.1) is 0 Å². The van der Waals surface area contributed by atoms with Crippen LogP contribution in [0, 0.1) is 6.92 Å². The van der Waals surface area contributed by atoms with Crippen molar-refractivity contribution in [3.8, 4) is 5.75 Å². The van der Waals surface area contributed by atoms with Crippen molar-refractivity contribution >= 4 is 17.5 Å². The zero-order valence-electron chi connectivity index (χ0n) is 20.2. The van der Waals surface area contributed by atoms with E-state index in [2.05, 4.69) is 20.9 Å². The highest BCUT2D eigenvalue weighted by Crippen LogP contribution is 2.28. The average Bonchev–Trinajstić information content (AvgIpc) is 3.40. The number of anilines is 1. The van der Waals surface area contributed by atoms with Crippen molar-refractivity contribution in [2.45, 2.75) is 26.8 Å². The van der Waals surface area contributed by atoms with E-state index >= 15 is 0 Å². The first kappa shape index (κ1) is 24.3. The molecule has 0 atom stereocenters. The number of carbonyl (C=O) groups excluding carboxylic acids is 2. The Morgan fingerprint density at radius 1 is 1.06 bits per heavy atom. The molecule has 0 N–H and O–H groups in total. The number of para-hydroxylation sites is 2. The zero-order valence-corrected chi connectivity index (χ0v) is 20.2. The van der Waals surface area contributed by atoms with Gasteiger partial charge in [-0.05, 0) is 38.1 Å². The van der Waals surface area contributed by atoms with Crippen molar-refractivity contribution in [2.75, 3.05) is 44.2 Å². The van der Waals surface area contributed by atoms with Crippen LogP contribution in [0.5, 0.6) is 5.75 Å². The van der Waals surface area contributed by atoms with Crippen LogP contribution in [0.4, 0.5) is 5.69 Å². The minimum absolute atomic E-state index is 0.0231. The number of piperazine rings is 1. The van der Waals surface area contributed by atoms with E-state index in [4.69, 9.17) is 9.15 Å². The van der Waals surface area contributed by atoms with Crippen LogP contribution in [0.3, 0.4) is 0 Å². The van der Waals surface area contributed by atoms with Gasteiger partial charge in [-0.2, -0.15) is 0 Å². The van der Waals surface area contributed by atoms with Crippen molar-refractivity contribution < 1.29 is 18.7 Å². The van der Waals surface area contributed by atoms with E-state index in [0.717, 1.165) is 30.2 Å². The van der Waals surface area contributed by atoms with Crippen LogP contribution in [0.25, 0.3) is 0 Å². The molecule has 4 rings (SSSR count). The van der Waals surface area contributed by atoms with Crippen LogP contribution in [-0.4, -0.2) is 70.9 Å². The maximum absolute atomic E-state index is 13.1. The third-order valence-electron chi connectivity index (χ3n) is 5.95. The molecule has 1 saturated heterocycles. The highest BCUT2D eigenvalue weighted by atomic mass is 16.5. The maximum atomic E-state index is 13.1. The minimum Gasteiger partial charge on any atom is -0.492 e. The molecular weight excluding hydrogens is 446 g/mol. The zero-order chi connectivity index (χ0) is 24.6. The summed E-state index contributed by atoms with van der Waals surface area (Å²) >= 11 is 0. The summed E-state index contributed by atoms with van der Waals surface area (Å²) in [6.07, 6.45) is 4.82. The van der Waals surface area contributed by atoms with E-state index in [1.807, 2.05) is 43.0 Å². The Labute approximate surface area is 205 Å². The fourth-order valence-corrected chi connectivity index (χ4v) is 4.09. The molecule has 1 aromatic carbocycles. The summed E-state index contributed by atoms with van der Waals surface area (Å²) in [5.41, 5.74) is 2.03. The first-order valence-corrected chi connectivity index (χ1v) is 11.9. The lowest BCUT2D eigenvalue weighted by atomic mass is 10.2. The van der Waals surface area contributed by atoms with Crippen LogP contribution in [0.2, 0.25) is 0 Å². The largest absolute Gasteiger partial charge is 0.492 e. The molecule has 0 unspecified atom stereocenters. The van der Waals surface area contributed by atoms with Gasteiger partial charge in [0.1, 0.15) is 17.2 Å². The molecule has 2 amide bonds. The van der Waals surface area contributed by atoms with E-state index in [1.165, 1.54) is 6.20 Å². The number of hydrogen-bond donors (Lipinski definition) is 0. The average molecular weight is 478 g/mol. The Morgan fingerprint density at radius 3 is 2.54 bits per heavy atom. The number of ether oxygens (including phenoxy) is 1. The molecular formula is C26H31N5O4. The summed E-state index contributed by atoms with van der Waals surface area (Å²) in [5.74, 6) is 1.25. The standard InChI is InChI=1S/C26H31N5O4/c1-3-34-24-9-5-4-8-23(24)29-12-14-30(15-13-29)25(32)10-11-31(19-21-7-6-16-35-21)26(33)22-18-27-20(2)17-28-22/h4-9,16-18H,3,10-15,19H2,1-2H3. The van der Waals surface area contributed by atoms with Crippen molar-refractivity contribution in [2.24, 2.45) is 0 Å². The van der Waals surface area contributed by atoms with Crippen LogP contribution in [0.15, 0.2) is 59.5 Å². The summed E-state index contributed by atoms with van der Waals surface area (Å²) in [7, 11) is 0.